The van der Waals surface area contributed by atoms with Gasteiger partial charge in [0, 0.05) is 11.6 Å². The van der Waals surface area contributed by atoms with Crippen LogP contribution in [0.25, 0.3) is 5.65 Å². The number of fused-ring (bicyclic) bond motifs is 4. The van der Waals surface area contributed by atoms with E-state index in [9.17, 15) is 14.7 Å². The predicted octanol–water partition coefficient (Wildman–Crippen LogP) is 2.68. The number of aliphatic carboxylic acids is 1. The fraction of sp³-hybridized carbons (Fsp3) is 0.526. The smallest absolute Gasteiger partial charge is 0.309 e. The molecule has 6 heteroatoms. The minimum Gasteiger partial charge on any atom is -0.481 e. The van der Waals surface area contributed by atoms with Gasteiger partial charge in [-0.05, 0) is 57.6 Å². The number of carboxylic acid groups (broad SMARTS) is 1. The summed E-state index contributed by atoms with van der Waals surface area (Å²) in [6.07, 6.45) is 5.84. The quantitative estimate of drug-likeness (QED) is 0.895. The molecule has 2 N–H and O–H groups in total. The van der Waals surface area contributed by atoms with E-state index >= 15 is 0 Å². The van der Waals surface area contributed by atoms with Gasteiger partial charge in [0.2, 0.25) is 5.91 Å². The van der Waals surface area contributed by atoms with Gasteiger partial charge >= 0.3 is 5.97 Å². The molecule has 0 aliphatic heterocycles. The lowest BCUT2D eigenvalue weighted by atomic mass is 9.53. The van der Waals surface area contributed by atoms with Crippen molar-refractivity contribution in [1.82, 2.24) is 14.7 Å². The lowest BCUT2D eigenvalue weighted by Crippen LogP contribution is -2.52. The van der Waals surface area contributed by atoms with Crippen molar-refractivity contribution in [1.29, 1.82) is 0 Å². The summed E-state index contributed by atoms with van der Waals surface area (Å²) in [6, 6.07) is 5.85. The molecule has 3 fully saturated rings. The molecule has 1 amide bonds. The average Bonchev–Trinajstić information content (AvgIpc) is 2.96. The first-order chi connectivity index (χ1) is 12.0. The van der Waals surface area contributed by atoms with E-state index in [2.05, 4.69) is 10.3 Å². The number of nitrogens with zero attached hydrogens (tertiary/aromatic N) is 2. The summed E-state index contributed by atoms with van der Waals surface area (Å²) in [4.78, 5) is 29.0. The number of carboxylic acids is 1. The number of rotatable bonds is 4. The molecule has 5 rings (SSSR count). The second-order valence-electron chi connectivity index (χ2n) is 7.62. The Morgan fingerprint density at radius 2 is 1.80 bits per heavy atom. The number of aromatic nitrogens is 2. The highest BCUT2D eigenvalue weighted by Crippen LogP contribution is 2.57. The SMILES string of the molecule is Cc1nc2ccccn2c1CNC(=O)C12CCC(C(=O)O)(CC1)CC2. The molecule has 0 aromatic carbocycles. The maximum atomic E-state index is 12.9. The van der Waals surface area contributed by atoms with Crippen LogP contribution in [0.3, 0.4) is 0 Å². The summed E-state index contributed by atoms with van der Waals surface area (Å²) in [5, 5.41) is 12.6. The summed E-state index contributed by atoms with van der Waals surface area (Å²) in [7, 11) is 0. The lowest BCUT2D eigenvalue weighted by molar-refractivity contribution is -0.163. The Morgan fingerprint density at radius 3 is 2.44 bits per heavy atom. The van der Waals surface area contributed by atoms with Gasteiger partial charge in [0.25, 0.3) is 0 Å². The minimum atomic E-state index is -0.692. The van der Waals surface area contributed by atoms with Crippen LogP contribution in [0.2, 0.25) is 0 Å². The number of hydrogen-bond donors (Lipinski definition) is 2. The van der Waals surface area contributed by atoms with Gasteiger partial charge in [0.15, 0.2) is 0 Å². The number of amides is 1. The highest BCUT2D eigenvalue weighted by molar-refractivity contribution is 5.84. The second kappa shape index (κ2) is 5.58. The Hall–Kier alpha value is -2.37. The molecule has 2 bridgehead atoms. The molecule has 3 aliphatic carbocycles. The van der Waals surface area contributed by atoms with Gasteiger partial charge in [-0.15, -0.1) is 0 Å². The van der Waals surface area contributed by atoms with E-state index in [-0.39, 0.29) is 11.3 Å². The summed E-state index contributed by atoms with van der Waals surface area (Å²) in [5.74, 6) is -0.626. The number of aryl methyl sites for hydroxylation is 1. The zero-order valence-corrected chi connectivity index (χ0v) is 14.4. The first-order valence-corrected chi connectivity index (χ1v) is 8.90. The summed E-state index contributed by atoms with van der Waals surface area (Å²) < 4.78 is 2.00. The highest BCUT2D eigenvalue weighted by Gasteiger charge is 2.55. The standard InChI is InChI=1S/C19H23N3O3/c1-13-14(22-11-3-2-4-15(22)21-13)12-20-16(23)18-5-8-19(9-6-18,10-7-18)17(24)25/h2-4,11H,5-10,12H2,1H3,(H,20,23)(H,24,25). The molecule has 0 unspecified atom stereocenters. The first kappa shape index (κ1) is 16.1. The van der Waals surface area contributed by atoms with Crippen molar-refractivity contribution in [2.75, 3.05) is 0 Å². The molecule has 3 aliphatic rings. The molecular formula is C19H23N3O3. The van der Waals surface area contributed by atoms with E-state index in [0.717, 1.165) is 17.0 Å². The lowest BCUT2D eigenvalue weighted by Gasteiger charge is -2.50. The number of pyridine rings is 1. The van der Waals surface area contributed by atoms with Crippen molar-refractivity contribution in [2.24, 2.45) is 10.8 Å². The molecule has 0 saturated heterocycles. The Morgan fingerprint density at radius 1 is 1.16 bits per heavy atom. The van der Waals surface area contributed by atoms with E-state index < -0.39 is 11.4 Å². The summed E-state index contributed by atoms with van der Waals surface area (Å²) in [5.41, 5.74) is 1.82. The molecule has 6 nitrogen and oxygen atoms in total. The zero-order chi connectivity index (χ0) is 17.7. The highest BCUT2D eigenvalue weighted by atomic mass is 16.4. The van der Waals surface area contributed by atoms with Gasteiger partial charge in [-0.25, -0.2) is 4.98 Å². The van der Waals surface area contributed by atoms with Crippen LogP contribution in [-0.2, 0) is 16.1 Å². The van der Waals surface area contributed by atoms with Gasteiger partial charge in [-0.2, -0.15) is 0 Å². The van der Waals surface area contributed by atoms with E-state index in [0.29, 0.717) is 45.1 Å². The van der Waals surface area contributed by atoms with E-state index in [4.69, 9.17) is 0 Å². The van der Waals surface area contributed by atoms with Crippen LogP contribution in [0, 0.1) is 17.8 Å². The van der Waals surface area contributed by atoms with Gasteiger partial charge in [0.1, 0.15) is 5.65 Å². The van der Waals surface area contributed by atoms with Crippen molar-refractivity contribution in [2.45, 2.75) is 52.0 Å². The van der Waals surface area contributed by atoms with E-state index in [1.165, 1.54) is 0 Å². The molecule has 0 atom stereocenters. The largest absolute Gasteiger partial charge is 0.481 e. The third-order valence-corrected chi connectivity index (χ3v) is 6.43. The number of nitrogens with one attached hydrogen (secondary N) is 1. The molecular weight excluding hydrogens is 318 g/mol. The number of hydrogen-bond acceptors (Lipinski definition) is 3. The van der Waals surface area contributed by atoms with Crippen molar-refractivity contribution in [3.63, 3.8) is 0 Å². The van der Waals surface area contributed by atoms with Crippen LogP contribution >= 0.6 is 0 Å². The van der Waals surface area contributed by atoms with Gasteiger partial charge in [-0.3, -0.25) is 9.59 Å². The molecule has 2 heterocycles. The van der Waals surface area contributed by atoms with Crippen molar-refractivity contribution < 1.29 is 14.7 Å². The third-order valence-electron chi connectivity index (χ3n) is 6.43. The van der Waals surface area contributed by atoms with Crippen molar-refractivity contribution >= 4 is 17.5 Å². The van der Waals surface area contributed by atoms with E-state index in [1.807, 2.05) is 35.7 Å². The molecule has 0 radical (unpaired) electrons. The van der Waals surface area contributed by atoms with Gasteiger partial charge in [-0.1, -0.05) is 6.07 Å². The second-order valence-corrected chi connectivity index (χ2v) is 7.62. The molecule has 2 aromatic rings. The fourth-order valence-corrected chi connectivity index (χ4v) is 4.58. The van der Waals surface area contributed by atoms with Crippen molar-refractivity contribution in [3.8, 4) is 0 Å². The topological polar surface area (TPSA) is 83.7 Å². The third kappa shape index (κ3) is 2.42. The molecule has 0 spiro atoms. The van der Waals surface area contributed by atoms with Crippen LogP contribution in [0.4, 0.5) is 0 Å². The fourth-order valence-electron chi connectivity index (χ4n) is 4.58. The maximum Gasteiger partial charge on any atom is 0.309 e. The average molecular weight is 341 g/mol. The van der Waals surface area contributed by atoms with Crippen molar-refractivity contribution in [3.05, 3.63) is 35.8 Å². The summed E-state index contributed by atoms with van der Waals surface area (Å²) in [6.45, 7) is 2.40. The Bertz CT molecular complexity index is 830. The van der Waals surface area contributed by atoms with Crippen LogP contribution in [-0.4, -0.2) is 26.4 Å². The number of imidazole rings is 1. The van der Waals surface area contributed by atoms with Gasteiger partial charge in [0.05, 0.1) is 23.3 Å². The molecule has 25 heavy (non-hydrogen) atoms. The zero-order valence-electron chi connectivity index (χ0n) is 14.4. The Kier molecular flexibility index (Phi) is 3.60. The van der Waals surface area contributed by atoms with Crippen LogP contribution in [0.15, 0.2) is 24.4 Å². The monoisotopic (exact) mass is 341 g/mol. The predicted molar refractivity (Wildman–Crippen MR) is 92.0 cm³/mol. The Labute approximate surface area is 146 Å². The van der Waals surface area contributed by atoms with Crippen LogP contribution in [0.1, 0.15) is 49.9 Å². The van der Waals surface area contributed by atoms with Crippen LogP contribution in [0.5, 0.6) is 0 Å². The Balaban J connectivity index is 1.48. The van der Waals surface area contributed by atoms with E-state index in [1.54, 1.807) is 0 Å². The van der Waals surface area contributed by atoms with Gasteiger partial charge < -0.3 is 14.8 Å². The van der Waals surface area contributed by atoms with Crippen LogP contribution < -0.4 is 5.32 Å². The number of carbonyl (C=O) groups is 2. The molecule has 132 valence electrons. The first-order valence-electron chi connectivity index (χ1n) is 8.90. The minimum absolute atomic E-state index is 0.0662. The summed E-state index contributed by atoms with van der Waals surface area (Å²) >= 11 is 0. The molecule has 3 saturated carbocycles. The molecule has 2 aromatic heterocycles. The normalized spacial score (nSPS) is 28.2. The maximum absolute atomic E-state index is 12.9. The number of carbonyl (C=O) groups excluding carboxylic acids is 1.